The van der Waals surface area contributed by atoms with Crippen LogP contribution in [0.3, 0.4) is 0 Å². The van der Waals surface area contributed by atoms with Crippen molar-refractivity contribution in [2.45, 2.75) is 0 Å². The Morgan fingerprint density at radius 3 is 2.12 bits per heavy atom. The van der Waals surface area contributed by atoms with Crippen molar-refractivity contribution in [3.8, 4) is 11.1 Å². The summed E-state index contributed by atoms with van der Waals surface area (Å²) in [5.74, 6) is 0. The van der Waals surface area contributed by atoms with E-state index in [4.69, 9.17) is 4.42 Å². The quantitative estimate of drug-likeness (QED) is 0.254. The number of fused-ring (bicyclic) bond motifs is 12. The molecule has 158 valence electrons. The maximum Gasteiger partial charge on any atom is 0.421 e. The Hall–Kier alpha value is -4.44. The van der Waals surface area contributed by atoms with Crippen molar-refractivity contribution in [2.24, 2.45) is 0 Å². The lowest BCUT2D eigenvalue weighted by molar-refractivity contribution is 0.670. The lowest BCUT2D eigenvalue weighted by Gasteiger charge is -2.36. The third-order valence-electron chi connectivity index (χ3n) is 7.22. The Morgan fingerprint density at radius 2 is 1.24 bits per heavy atom. The molecule has 0 amide bonds. The zero-order chi connectivity index (χ0) is 22.2. The van der Waals surface area contributed by atoms with Crippen LogP contribution in [0, 0.1) is 0 Å². The lowest BCUT2D eigenvalue weighted by atomic mass is 9.59. The summed E-state index contributed by atoms with van der Waals surface area (Å²) in [7, 11) is 0. The first-order chi connectivity index (χ1) is 16.9. The van der Waals surface area contributed by atoms with E-state index in [9.17, 15) is 0 Å². The second-order valence-electron chi connectivity index (χ2n) is 8.96. The van der Waals surface area contributed by atoms with Gasteiger partial charge in [-0.25, -0.2) is 0 Å². The summed E-state index contributed by atoms with van der Waals surface area (Å²) in [6.45, 7) is 0.0327. The fourth-order valence-electron chi connectivity index (χ4n) is 5.85. The second kappa shape index (κ2) is 6.55. The van der Waals surface area contributed by atoms with Crippen molar-refractivity contribution in [3.05, 3.63) is 115 Å². The van der Waals surface area contributed by atoms with Gasteiger partial charge < -0.3 is 14.0 Å². The van der Waals surface area contributed by atoms with Gasteiger partial charge >= 0.3 is 6.98 Å². The van der Waals surface area contributed by atoms with Crippen LogP contribution in [-0.2, 0) is 0 Å². The van der Waals surface area contributed by atoms with Gasteiger partial charge in [0.2, 0.25) is 0 Å². The predicted octanol–water partition coefficient (Wildman–Crippen LogP) is 7.25. The van der Waals surface area contributed by atoms with Gasteiger partial charge in [-0.1, -0.05) is 72.8 Å². The third-order valence-corrected chi connectivity index (χ3v) is 7.22. The lowest BCUT2D eigenvalue weighted by Crippen LogP contribution is -2.55. The fourth-order valence-corrected chi connectivity index (χ4v) is 5.85. The maximum atomic E-state index is 6.52. The number of anilines is 4. The number of nitrogens with zero attached hydrogens (tertiary/aromatic N) is 2. The van der Waals surface area contributed by atoms with Gasteiger partial charge in [0, 0.05) is 27.7 Å². The van der Waals surface area contributed by atoms with E-state index < -0.39 is 0 Å². The summed E-state index contributed by atoms with van der Waals surface area (Å²) in [6, 6.07) is 41.0. The first-order valence-corrected chi connectivity index (χ1v) is 11.7. The molecule has 5 aromatic carbocycles. The average molecular weight is 434 g/mol. The molecule has 0 N–H and O–H groups in total. The molecule has 0 spiro atoms. The maximum absolute atomic E-state index is 6.52. The van der Waals surface area contributed by atoms with Gasteiger partial charge in [0.1, 0.15) is 11.2 Å². The molecule has 0 fully saturated rings. The highest BCUT2D eigenvalue weighted by molar-refractivity contribution is 6.86. The number of para-hydroxylation sites is 4. The molecule has 8 rings (SSSR count). The van der Waals surface area contributed by atoms with Gasteiger partial charge in [-0.15, -0.1) is 0 Å². The number of benzene rings is 5. The molecule has 3 heterocycles. The van der Waals surface area contributed by atoms with Crippen molar-refractivity contribution < 1.29 is 4.42 Å². The molecule has 6 aromatic rings. The standard InChI is InChI=1S/C30H19BN2O/c1-2-10-20(11-3-1)32-25-15-7-8-16-26(25)33-27-19-18-22-21-12-5-9-17-28(21)34-30(22)29(27)23-13-4-6-14-24(23)31(32)33/h1-19H. The van der Waals surface area contributed by atoms with Crippen LogP contribution in [0.15, 0.2) is 120 Å². The number of furan rings is 1. The van der Waals surface area contributed by atoms with E-state index in [1.807, 2.05) is 6.07 Å². The van der Waals surface area contributed by atoms with Gasteiger partial charge in [-0.2, -0.15) is 0 Å². The largest absolute Gasteiger partial charge is 0.455 e. The van der Waals surface area contributed by atoms with Gasteiger partial charge in [0.25, 0.3) is 0 Å². The summed E-state index contributed by atoms with van der Waals surface area (Å²) < 4.78 is 6.52. The molecule has 1 aromatic heterocycles. The summed E-state index contributed by atoms with van der Waals surface area (Å²) in [5.41, 5.74) is 10.4. The number of hydrogen-bond acceptors (Lipinski definition) is 3. The second-order valence-corrected chi connectivity index (χ2v) is 8.96. The minimum atomic E-state index is 0.0327. The molecule has 3 nitrogen and oxygen atoms in total. The minimum Gasteiger partial charge on any atom is -0.455 e. The molecule has 0 saturated heterocycles. The Balaban J connectivity index is 1.49. The molecule has 2 aliphatic rings. The molecule has 34 heavy (non-hydrogen) atoms. The van der Waals surface area contributed by atoms with Crippen LogP contribution < -0.4 is 15.1 Å². The van der Waals surface area contributed by atoms with E-state index >= 15 is 0 Å². The topological polar surface area (TPSA) is 19.6 Å². The van der Waals surface area contributed by atoms with Gasteiger partial charge in [0.15, 0.2) is 0 Å². The molecule has 0 aliphatic carbocycles. The van der Waals surface area contributed by atoms with Crippen LogP contribution >= 0.6 is 0 Å². The molecule has 0 bridgehead atoms. The predicted molar refractivity (Wildman–Crippen MR) is 142 cm³/mol. The summed E-state index contributed by atoms with van der Waals surface area (Å²) in [5, 5.41) is 2.32. The Kier molecular flexibility index (Phi) is 3.48. The van der Waals surface area contributed by atoms with Crippen LogP contribution in [0.25, 0.3) is 33.1 Å². The van der Waals surface area contributed by atoms with E-state index in [2.05, 4.69) is 119 Å². The summed E-state index contributed by atoms with van der Waals surface area (Å²) >= 11 is 0. The van der Waals surface area contributed by atoms with Crippen LogP contribution in [0.5, 0.6) is 0 Å². The van der Waals surface area contributed by atoms with Crippen LogP contribution in [0.4, 0.5) is 22.7 Å². The van der Waals surface area contributed by atoms with Gasteiger partial charge in [0.05, 0.1) is 11.4 Å². The molecular weight excluding hydrogens is 415 g/mol. The van der Waals surface area contributed by atoms with Crippen molar-refractivity contribution >= 4 is 57.1 Å². The SMILES string of the molecule is c1ccc(N2B3c4ccccc4-c4c(ccc5c4oc4ccccc45)N3c3ccccc32)cc1. The van der Waals surface area contributed by atoms with Crippen molar-refractivity contribution in [2.75, 3.05) is 9.62 Å². The third kappa shape index (κ3) is 2.22. The van der Waals surface area contributed by atoms with E-state index in [0.29, 0.717) is 0 Å². The molecule has 4 heteroatoms. The monoisotopic (exact) mass is 434 g/mol. The van der Waals surface area contributed by atoms with Crippen molar-refractivity contribution in [3.63, 3.8) is 0 Å². The smallest absolute Gasteiger partial charge is 0.421 e. The first-order valence-electron chi connectivity index (χ1n) is 11.7. The zero-order valence-electron chi connectivity index (χ0n) is 18.3. The van der Waals surface area contributed by atoms with Crippen LogP contribution in [-0.4, -0.2) is 6.98 Å². The molecule has 0 saturated carbocycles. The average Bonchev–Trinajstić information content (AvgIpc) is 3.45. The number of hydrogen-bond donors (Lipinski definition) is 0. The van der Waals surface area contributed by atoms with Crippen molar-refractivity contribution in [1.82, 2.24) is 0 Å². The Labute approximate surface area is 197 Å². The Bertz CT molecular complexity index is 1740. The highest BCUT2D eigenvalue weighted by atomic mass is 16.3. The normalized spacial score (nSPS) is 13.7. The first kappa shape index (κ1) is 18.0. The highest BCUT2D eigenvalue weighted by Gasteiger charge is 2.48. The fraction of sp³-hybridized carbons (Fsp3) is 0. The van der Waals surface area contributed by atoms with E-state index in [1.165, 1.54) is 39.3 Å². The van der Waals surface area contributed by atoms with E-state index in [-0.39, 0.29) is 6.98 Å². The van der Waals surface area contributed by atoms with Gasteiger partial charge in [-0.3, -0.25) is 0 Å². The molecule has 2 aliphatic heterocycles. The Morgan fingerprint density at radius 1 is 0.529 bits per heavy atom. The summed E-state index contributed by atoms with van der Waals surface area (Å²) in [4.78, 5) is 4.94. The van der Waals surface area contributed by atoms with E-state index in [0.717, 1.165) is 21.9 Å². The van der Waals surface area contributed by atoms with Crippen molar-refractivity contribution in [1.29, 1.82) is 0 Å². The van der Waals surface area contributed by atoms with E-state index in [1.54, 1.807) is 0 Å². The van der Waals surface area contributed by atoms with Gasteiger partial charge in [-0.05, 0) is 53.5 Å². The molecule has 0 unspecified atom stereocenters. The molecular formula is C30H19BN2O. The molecule has 0 atom stereocenters. The van der Waals surface area contributed by atoms with Crippen LogP contribution in [0.1, 0.15) is 0 Å². The van der Waals surface area contributed by atoms with Crippen LogP contribution in [0.2, 0.25) is 0 Å². The number of rotatable bonds is 1. The molecule has 0 radical (unpaired) electrons. The zero-order valence-corrected chi connectivity index (χ0v) is 18.3. The minimum absolute atomic E-state index is 0.0327. The highest BCUT2D eigenvalue weighted by Crippen LogP contribution is 2.52. The summed E-state index contributed by atoms with van der Waals surface area (Å²) in [6.07, 6.45) is 0.